The molecule has 0 aliphatic rings. The number of aryl methyl sites for hydroxylation is 1. The molecular weight excluding hydrogens is 244 g/mol. The fraction of sp³-hybridized carbons (Fsp3) is 0.231. The van der Waals surface area contributed by atoms with Crippen LogP contribution in [0.15, 0.2) is 30.5 Å². The molecule has 2 rings (SSSR count). The Morgan fingerprint density at radius 1 is 1.47 bits per heavy atom. The molecule has 0 fully saturated rings. The molecule has 0 atom stereocenters. The Hall–Kier alpha value is -2.50. The van der Waals surface area contributed by atoms with E-state index in [9.17, 15) is 4.79 Å². The van der Waals surface area contributed by atoms with Crippen LogP contribution < -0.4 is 11.1 Å². The van der Waals surface area contributed by atoms with Crippen LogP contribution in [0.25, 0.3) is 0 Å². The molecule has 0 saturated heterocycles. The highest BCUT2D eigenvalue weighted by molar-refractivity contribution is 5.92. The third-order valence-corrected chi connectivity index (χ3v) is 2.54. The molecule has 0 spiro atoms. The van der Waals surface area contributed by atoms with Crippen LogP contribution in [0.3, 0.4) is 0 Å². The van der Waals surface area contributed by atoms with Crippen molar-refractivity contribution in [3.63, 3.8) is 0 Å². The maximum absolute atomic E-state index is 11.6. The van der Waals surface area contributed by atoms with Gasteiger partial charge in [0.05, 0.1) is 23.5 Å². The van der Waals surface area contributed by atoms with E-state index >= 15 is 0 Å². The van der Waals surface area contributed by atoms with E-state index in [4.69, 9.17) is 10.5 Å². The first-order valence-corrected chi connectivity index (χ1v) is 5.93. The van der Waals surface area contributed by atoms with Gasteiger partial charge in [-0.15, -0.1) is 0 Å². The van der Waals surface area contributed by atoms with Gasteiger partial charge < -0.3 is 15.8 Å². The summed E-state index contributed by atoms with van der Waals surface area (Å²) in [7, 11) is 1.83. The number of anilines is 3. The number of nitrogens with one attached hydrogen (secondary N) is 1. The van der Waals surface area contributed by atoms with Crippen molar-refractivity contribution in [2.45, 2.75) is 6.92 Å². The average Bonchev–Trinajstić information content (AvgIpc) is 2.78. The fourth-order valence-electron chi connectivity index (χ4n) is 1.64. The minimum atomic E-state index is -0.376. The van der Waals surface area contributed by atoms with Gasteiger partial charge in [0.2, 0.25) is 0 Å². The van der Waals surface area contributed by atoms with Crippen molar-refractivity contribution in [1.82, 2.24) is 9.78 Å². The molecule has 0 aliphatic carbocycles. The number of nitrogens with zero attached hydrogens (tertiary/aromatic N) is 2. The number of hydrogen-bond acceptors (Lipinski definition) is 5. The van der Waals surface area contributed by atoms with Gasteiger partial charge in [-0.2, -0.15) is 5.10 Å². The average molecular weight is 260 g/mol. The molecule has 100 valence electrons. The maximum atomic E-state index is 11.6. The van der Waals surface area contributed by atoms with E-state index in [0.717, 1.165) is 0 Å². The normalized spacial score (nSPS) is 10.2. The Bertz CT molecular complexity index is 592. The Morgan fingerprint density at radius 3 is 2.84 bits per heavy atom. The molecule has 6 heteroatoms. The lowest BCUT2D eigenvalue weighted by molar-refractivity contribution is 0.0526. The van der Waals surface area contributed by atoms with Crippen LogP contribution in [0.4, 0.5) is 17.2 Å². The second kappa shape index (κ2) is 5.43. The van der Waals surface area contributed by atoms with Gasteiger partial charge in [0.15, 0.2) is 5.82 Å². The van der Waals surface area contributed by atoms with E-state index in [1.54, 1.807) is 29.8 Å². The monoisotopic (exact) mass is 260 g/mol. The lowest BCUT2D eigenvalue weighted by atomic mass is 10.1. The zero-order valence-electron chi connectivity index (χ0n) is 10.9. The molecule has 1 aromatic heterocycles. The lowest BCUT2D eigenvalue weighted by Gasteiger charge is -2.08. The molecule has 19 heavy (non-hydrogen) atoms. The van der Waals surface area contributed by atoms with Gasteiger partial charge in [-0.3, -0.25) is 4.68 Å². The Balaban J connectivity index is 2.17. The van der Waals surface area contributed by atoms with Gasteiger partial charge in [0.1, 0.15) is 0 Å². The lowest BCUT2D eigenvalue weighted by Crippen LogP contribution is -2.06. The van der Waals surface area contributed by atoms with Crippen LogP contribution in [0.1, 0.15) is 17.3 Å². The van der Waals surface area contributed by atoms with Crippen LogP contribution in [0.2, 0.25) is 0 Å². The van der Waals surface area contributed by atoms with Crippen molar-refractivity contribution in [2.75, 3.05) is 17.7 Å². The first-order valence-electron chi connectivity index (χ1n) is 5.93. The number of carbonyl (C=O) groups excluding carboxylic acids is 1. The number of esters is 1. The van der Waals surface area contributed by atoms with Gasteiger partial charge in [-0.1, -0.05) is 0 Å². The Labute approximate surface area is 111 Å². The molecule has 0 amide bonds. The van der Waals surface area contributed by atoms with Crippen molar-refractivity contribution in [1.29, 1.82) is 0 Å². The Kier molecular flexibility index (Phi) is 3.70. The van der Waals surface area contributed by atoms with Gasteiger partial charge in [-0.25, -0.2) is 4.79 Å². The van der Waals surface area contributed by atoms with E-state index in [-0.39, 0.29) is 5.97 Å². The van der Waals surface area contributed by atoms with Crippen LogP contribution in [-0.4, -0.2) is 22.4 Å². The minimum absolute atomic E-state index is 0.340. The number of nitrogen functional groups attached to an aromatic ring is 1. The first-order chi connectivity index (χ1) is 9.10. The number of ether oxygens (including phenoxy) is 1. The zero-order valence-corrected chi connectivity index (χ0v) is 10.9. The summed E-state index contributed by atoms with van der Waals surface area (Å²) in [6.07, 6.45) is 1.82. The van der Waals surface area contributed by atoms with Crippen molar-refractivity contribution in [2.24, 2.45) is 7.05 Å². The molecule has 0 radical (unpaired) electrons. The van der Waals surface area contributed by atoms with Crippen LogP contribution in [0.5, 0.6) is 0 Å². The topological polar surface area (TPSA) is 82.2 Å². The summed E-state index contributed by atoms with van der Waals surface area (Å²) >= 11 is 0. The molecule has 0 unspecified atom stereocenters. The predicted molar refractivity (Wildman–Crippen MR) is 73.3 cm³/mol. The van der Waals surface area contributed by atoms with E-state index in [2.05, 4.69) is 10.4 Å². The number of rotatable bonds is 4. The van der Waals surface area contributed by atoms with E-state index in [1.807, 2.05) is 19.3 Å². The maximum Gasteiger partial charge on any atom is 0.338 e. The predicted octanol–water partition coefficient (Wildman–Crippen LogP) is 1.92. The summed E-state index contributed by atoms with van der Waals surface area (Å²) in [5.74, 6) is 0.316. The molecule has 0 saturated carbocycles. The van der Waals surface area contributed by atoms with Gasteiger partial charge in [-0.05, 0) is 25.1 Å². The number of aromatic nitrogens is 2. The smallest absolute Gasteiger partial charge is 0.338 e. The summed E-state index contributed by atoms with van der Waals surface area (Å²) in [4.78, 5) is 11.6. The van der Waals surface area contributed by atoms with Crippen molar-refractivity contribution < 1.29 is 9.53 Å². The van der Waals surface area contributed by atoms with E-state index in [1.165, 1.54) is 0 Å². The van der Waals surface area contributed by atoms with Crippen molar-refractivity contribution in [3.8, 4) is 0 Å². The summed E-state index contributed by atoms with van der Waals surface area (Å²) < 4.78 is 6.60. The molecule has 1 heterocycles. The van der Waals surface area contributed by atoms with Gasteiger partial charge in [0.25, 0.3) is 0 Å². The number of hydrogen-bond donors (Lipinski definition) is 2. The number of benzene rings is 1. The molecular formula is C13H16N4O2. The SMILES string of the molecule is CCOC(=O)c1ccc(Nc2ccn(C)n2)c(N)c1. The second-order valence-electron chi connectivity index (χ2n) is 4.02. The zero-order chi connectivity index (χ0) is 13.8. The molecule has 0 bridgehead atoms. The van der Waals surface area contributed by atoms with Crippen LogP contribution in [-0.2, 0) is 11.8 Å². The molecule has 6 nitrogen and oxygen atoms in total. The summed E-state index contributed by atoms with van der Waals surface area (Å²) in [5, 5.41) is 7.27. The standard InChI is InChI=1S/C13H16N4O2/c1-3-19-13(18)9-4-5-11(10(14)8-9)15-12-6-7-17(2)16-12/h4-8H,3,14H2,1-2H3,(H,15,16). The first kappa shape index (κ1) is 12.9. The molecule has 0 aliphatic heterocycles. The van der Waals surface area contributed by atoms with E-state index in [0.29, 0.717) is 29.4 Å². The molecule has 1 aromatic carbocycles. The highest BCUT2D eigenvalue weighted by Gasteiger charge is 2.09. The van der Waals surface area contributed by atoms with Crippen LogP contribution >= 0.6 is 0 Å². The quantitative estimate of drug-likeness (QED) is 0.648. The van der Waals surface area contributed by atoms with Crippen molar-refractivity contribution >= 4 is 23.2 Å². The van der Waals surface area contributed by atoms with Gasteiger partial charge in [0, 0.05) is 19.3 Å². The van der Waals surface area contributed by atoms with Crippen molar-refractivity contribution in [3.05, 3.63) is 36.0 Å². The number of carbonyl (C=O) groups is 1. The highest BCUT2D eigenvalue weighted by atomic mass is 16.5. The second-order valence-corrected chi connectivity index (χ2v) is 4.02. The van der Waals surface area contributed by atoms with E-state index < -0.39 is 0 Å². The molecule has 3 N–H and O–H groups in total. The molecule has 2 aromatic rings. The summed E-state index contributed by atoms with van der Waals surface area (Å²) in [6.45, 7) is 2.10. The number of nitrogens with two attached hydrogens (primary N) is 1. The third-order valence-electron chi connectivity index (χ3n) is 2.54. The summed E-state index contributed by atoms with van der Waals surface area (Å²) in [6, 6.07) is 6.82. The summed E-state index contributed by atoms with van der Waals surface area (Å²) in [5.41, 5.74) is 7.51. The van der Waals surface area contributed by atoms with Crippen LogP contribution in [0, 0.1) is 0 Å². The fourth-order valence-corrected chi connectivity index (χ4v) is 1.64. The minimum Gasteiger partial charge on any atom is -0.462 e. The van der Waals surface area contributed by atoms with Gasteiger partial charge >= 0.3 is 5.97 Å². The third kappa shape index (κ3) is 3.04. The largest absolute Gasteiger partial charge is 0.462 e. The Morgan fingerprint density at radius 2 is 2.26 bits per heavy atom. The highest BCUT2D eigenvalue weighted by Crippen LogP contribution is 2.23.